The van der Waals surface area contributed by atoms with Crippen LogP contribution in [0.15, 0.2) is 54.6 Å². The molecule has 9 heteroatoms. The van der Waals surface area contributed by atoms with Crippen molar-refractivity contribution in [3.05, 3.63) is 71.5 Å². The molecule has 1 aliphatic heterocycles. The topological polar surface area (TPSA) is 64.3 Å². The number of nitrogens with one attached hydrogen (secondary N) is 2. The normalized spacial score (nSPS) is 15.3. The van der Waals surface area contributed by atoms with Crippen LogP contribution in [-0.2, 0) is 12.7 Å². The van der Waals surface area contributed by atoms with Crippen molar-refractivity contribution < 1.29 is 18.0 Å². The van der Waals surface area contributed by atoms with Gasteiger partial charge in [-0.3, -0.25) is 9.80 Å². The third-order valence-electron chi connectivity index (χ3n) is 6.23. The fraction of sp³-hybridized carbons (Fsp3) is 0.360. The second-order valence-corrected chi connectivity index (χ2v) is 8.50. The lowest BCUT2D eigenvalue weighted by molar-refractivity contribution is -0.137. The highest BCUT2D eigenvalue weighted by Crippen LogP contribution is 2.31. The van der Waals surface area contributed by atoms with Gasteiger partial charge in [0.25, 0.3) is 0 Å². The number of urea groups is 1. The van der Waals surface area contributed by atoms with Crippen LogP contribution in [0.1, 0.15) is 29.8 Å². The molecule has 0 spiro atoms. The Bertz CT molecular complexity index is 1100. The molecule has 0 atom stereocenters. The molecule has 180 valence electrons. The van der Waals surface area contributed by atoms with Crippen molar-refractivity contribution in [1.29, 1.82) is 0 Å². The van der Waals surface area contributed by atoms with Crippen LogP contribution in [0.2, 0.25) is 0 Å². The monoisotopic (exact) mass is 471 g/mol. The summed E-state index contributed by atoms with van der Waals surface area (Å²) in [6, 6.07) is 14.7. The summed E-state index contributed by atoms with van der Waals surface area (Å²) in [6.07, 6.45) is -2.70. The van der Waals surface area contributed by atoms with E-state index < -0.39 is 11.7 Å². The number of para-hydroxylation sites is 1. The number of likely N-dealkylation sites (tertiary alicyclic amines) is 1. The van der Waals surface area contributed by atoms with Crippen LogP contribution in [0, 0.1) is 6.92 Å². The number of aryl methyl sites for hydroxylation is 1. The summed E-state index contributed by atoms with van der Waals surface area (Å²) in [5.74, 6) is 0.561. The Balaban J connectivity index is 1.41. The fourth-order valence-electron chi connectivity index (χ4n) is 4.35. The summed E-state index contributed by atoms with van der Waals surface area (Å²) >= 11 is 0. The number of aromatic nitrogens is 2. The van der Waals surface area contributed by atoms with Crippen LogP contribution in [0.3, 0.4) is 0 Å². The zero-order valence-corrected chi connectivity index (χ0v) is 19.2. The largest absolute Gasteiger partial charge is 0.416 e. The number of alkyl halides is 3. The van der Waals surface area contributed by atoms with Crippen molar-refractivity contribution in [2.75, 3.05) is 25.0 Å². The molecule has 1 aliphatic rings. The Kier molecular flexibility index (Phi) is 6.92. The lowest BCUT2D eigenvalue weighted by Gasteiger charge is -2.38. The van der Waals surface area contributed by atoms with Gasteiger partial charge in [-0.2, -0.15) is 13.2 Å². The first-order chi connectivity index (χ1) is 16.3. The smallest absolute Gasteiger partial charge is 0.342 e. The Morgan fingerprint density at radius 3 is 2.35 bits per heavy atom. The number of H-pyrrole nitrogens is 1. The average molecular weight is 472 g/mol. The Morgan fingerprint density at radius 2 is 1.76 bits per heavy atom. The Morgan fingerprint density at radius 1 is 1.12 bits per heavy atom. The number of rotatable bonds is 5. The number of hydrogen-bond donors (Lipinski definition) is 2. The van der Waals surface area contributed by atoms with Crippen molar-refractivity contribution in [2.45, 2.75) is 38.5 Å². The average Bonchev–Trinajstić information content (AvgIpc) is 3.20. The number of imidazole rings is 1. The van der Waals surface area contributed by atoms with Crippen LogP contribution in [0.4, 0.5) is 23.7 Å². The molecular formula is C25H28F3N5O. The summed E-state index contributed by atoms with van der Waals surface area (Å²) in [5.41, 5.74) is 2.59. The van der Waals surface area contributed by atoms with Crippen LogP contribution in [0.25, 0.3) is 11.4 Å². The number of nitrogens with zero attached hydrogens (tertiary/aromatic N) is 3. The van der Waals surface area contributed by atoms with Gasteiger partial charge in [0.1, 0.15) is 5.82 Å². The third-order valence-corrected chi connectivity index (χ3v) is 6.23. The van der Waals surface area contributed by atoms with Crippen LogP contribution in [0.5, 0.6) is 0 Å². The lowest BCUT2D eigenvalue weighted by Crippen LogP contribution is -2.50. The highest BCUT2D eigenvalue weighted by molar-refractivity contribution is 5.92. The van der Waals surface area contributed by atoms with E-state index in [0.717, 1.165) is 55.1 Å². The number of carbonyl (C=O) groups is 1. The number of hydrogen-bond acceptors (Lipinski definition) is 3. The van der Waals surface area contributed by atoms with Crippen molar-refractivity contribution >= 4 is 11.7 Å². The van der Waals surface area contributed by atoms with E-state index in [4.69, 9.17) is 0 Å². The molecule has 1 fully saturated rings. The van der Waals surface area contributed by atoms with Gasteiger partial charge in [-0.1, -0.05) is 30.3 Å². The van der Waals surface area contributed by atoms with Gasteiger partial charge in [-0.25, -0.2) is 9.78 Å². The molecule has 4 rings (SSSR count). The van der Waals surface area contributed by atoms with Crippen LogP contribution in [-0.4, -0.2) is 47.1 Å². The second-order valence-electron chi connectivity index (χ2n) is 8.50. The molecule has 0 bridgehead atoms. The minimum Gasteiger partial charge on any atom is -0.342 e. The first-order valence-electron chi connectivity index (χ1n) is 11.3. The predicted molar refractivity (Wildman–Crippen MR) is 125 cm³/mol. The number of halogens is 3. The van der Waals surface area contributed by atoms with Gasteiger partial charge in [0, 0.05) is 49.7 Å². The van der Waals surface area contributed by atoms with E-state index in [1.807, 2.05) is 42.2 Å². The van der Waals surface area contributed by atoms with Crippen molar-refractivity contribution in [1.82, 2.24) is 20.2 Å². The molecule has 0 saturated carbocycles. The number of anilines is 1. The number of benzene rings is 2. The van der Waals surface area contributed by atoms with Crippen molar-refractivity contribution in [2.24, 2.45) is 0 Å². The third kappa shape index (κ3) is 5.25. The van der Waals surface area contributed by atoms with Gasteiger partial charge in [0.2, 0.25) is 0 Å². The van der Waals surface area contributed by atoms with E-state index in [1.54, 1.807) is 7.05 Å². The standard InChI is InChI=1S/C25H28F3N5O/c1-17-22(31-23(30-17)18-8-10-19(11-9-18)25(26,27)28)16-32-14-12-21(13-15-32)33(24(34)29-2)20-6-4-3-5-7-20/h3-11,21H,12-16H2,1-2H3,(H,29,34)(H,30,31). The number of carbonyl (C=O) groups excluding carboxylic acids is 1. The summed E-state index contributed by atoms with van der Waals surface area (Å²) in [4.78, 5) is 24.6. The molecule has 3 aromatic rings. The maximum absolute atomic E-state index is 12.8. The van der Waals surface area contributed by atoms with Gasteiger partial charge in [0.05, 0.1) is 11.3 Å². The predicted octanol–water partition coefficient (Wildman–Crippen LogP) is 5.21. The number of aromatic amines is 1. The van der Waals surface area contributed by atoms with Crippen LogP contribution < -0.4 is 10.2 Å². The zero-order valence-electron chi connectivity index (χ0n) is 19.2. The molecule has 1 aromatic heterocycles. The summed E-state index contributed by atoms with van der Waals surface area (Å²) in [5, 5.41) is 2.75. The minimum absolute atomic E-state index is 0.0987. The molecular weight excluding hydrogens is 443 g/mol. The van der Waals surface area contributed by atoms with E-state index in [2.05, 4.69) is 20.2 Å². The number of amides is 2. The minimum atomic E-state index is -4.36. The van der Waals surface area contributed by atoms with Gasteiger partial charge in [0.15, 0.2) is 0 Å². The lowest BCUT2D eigenvalue weighted by atomic mass is 10.0. The maximum atomic E-state index is 12.8. The Hall–Kier alpha value is -3.33. The first kappa shape index (κ1) is 23.8. The molecule has 34 heavy (non-hydrogen) atoms. The zero-order chi connectivity index (χ0) is 24.3. The number of piperidine rings is 1. The van der Waals surface area contributed by atoms with Gasteiger partial charge < -0.3 is 10.3 Å². The van der Waals surface area contributed by atoms with E-state index in [-0.39, 0.29) is 12.1 Å². The molecule has 6 nitrogen and oxygen atoms in total. The molecule has 2 N–H and O–H groups in total. The fourth-order valence-corrected chi connectivity index (χ4v) is 4.35. The van der Waals surface area contributed by atoms with Crippen molar-refractivity contribution in [3.8, 4) is 11.4 Å². The Labute approximate surface area is 196 Å². The maximum Gasteiger partial charge on any atom is 0.416 e. The first-order valence-corrected chi connectivity index (χ1v) is 11.3. The molecule has 2 amide bonds. The molecule has 2 heterocycles. The molecule has 0 radical (unpaired) electrons. The van der Waals surface area contributed by atoms with Gasteiger partial charge >= 0.3 is 12.2 Å². The quantitative estimate of drug-likeness (QED) is 0.537. The van der Waals surface area contributed by atoms with E-state index in [0.29, 0.717) is 17.9 Å². The van der Waals surface area contributed by atoms with E-state index in [9.17, 15) is 18.0 Å². The van der Waals surface area contributed by atoms with Gasteiger partial charge in [-0.15, -0.1) is 0 Å². The molecule has 0 aliphatic carbocycles. The van der Waals surface area contributed by atoms with E-state index in [1.165, 1.54) is 12.1 Å². The summed E-state index contributed by atoms with van der Waals surface area (Å²) in [7, 11) is 1.64. The highest BCUT2D eigenvalue weighted by Gasteiger charge is 2.31. The van der Waals surface area contributed by atoms with Gasteiger partial charge in [-0.05, 0) is 44.0 Å². The van der Waals surface area contributed by atoms with Crippen LogP contribution >= 0.6 is 0 Å². The van der Waals surface area contributed by atoms with E-state index >= 15 is 0 Å². The molecule has 1 saturated heterocycles. The molecule has 0 unspecified atom stereocenters. The van der Waals surface area contributed by atoms with Crippen molar-refractivity contribution in [3.63, 3.8) is 0 Å². The SMILES string of the molecule is CNC(=O)N(c1ccccc1)C1CCN(Cc2nc(-c3ccc(C(F)(F)F)cc3)[nH]c2C)CC1. The second kappa shape index (κ2) is 9.89. The summed E-state index contributed by atoms with van der Waals surface area (Å²) in [6.45, 7) is 4.19. The molecule has 2 aromatic carbocycles. The highest BCUT2D eigenvalue weighted by atomic mass is 19.4. The summed E-state index contributed by atoms with van der Waals surface area (Å²) < 4.78 is 38.5.